The second-order valence-corrected chi connectivity index (χ2v) is 16.0. The van der Waals surface area contributed by atoms with Gasteiger partial charge in [0, 0.05) is 34.5 Å². The summed E-state index contributed by atoms with van der Waals surface area (Å²) in [5, 5.41) is 63.2. The van der Waals surface area contributed by atoms with Crippen molar-refractivity contribution >= 4 is 86.4 Å². The largest absolute Gasteiger partial charge is 0.394 e. The zero-order valence-electron chi connectivity index (χ0n) is 26.6. The van der Waals surface area contributed by atoms with Crippen LogP contribution in [0.15, 0.2) is 36.4 Å². The third-order valence-corrected chi connectivity index (χ3v) is 14.1. The van der Waals surface area contributed by atoms with Crippen LogP contribution in [0.3, 0.4) is 0 Å². The molecule has 1 saturated carbocycles. The number of nitrogens with zero attached hydrogens (tertiary/aromatic N) is 1. The maximum atomic E-state index is 11.2. The van der Waals surface area contributed by atoms with Crippen LogP contribution < -0.4 is 0 Å². The Morgan fingerprint density at radius 1 is 0.653 bits per heavy atom. The van der Waals surface area contributed by atoms with E-state index in [0.717, 1.165) is 25.7 Å². The molecular weight excluding hydrogens is 614 g/mol. The molecule has 0 spiro atoms. The normalized spacial score (nSPS) is 28.5. The van der Waals surface area contributed by atoms with Gasteiger partial charge in [-0.15, -0.1) is 0 Å². The zero-order valence-corrected chi connectivity index (χ0v) is 26.6. The molecule has 4 heterocycles. The smallest absolute Gasteiger partial charge is 0.197 e. The lowest BCUT2D eigenvalue weighted by Gasteiger charge is -2.58. The van der Waals surface area contributed by atoms with Crippen molar-refractivity contribution in [2.75, 3.05) is 13.2 Å². The highest BCUT2D eigenvalue weighted by Crippen LogP contribution is 2.61. The molecule has 4 N–H and O–H groups in total. The van der Waals surface area contributed by atoms with Gasteiger partial charge >= 0.3 is 0 Å². The average molecular weight is 646 g/mol. The molecule has 3 aliphatic carbocycles. The number of fused-ring (bicyclic) bond motifs is 3. The highest BCUT2D eigenvalue weighted by Gasteiger charge is 2.66. The fourth-order valence-electron chi connectivity index (χ4n) is 12.2. The van der Waals surface area contributed by atoms with E-state index in [2.05, 4.69) is 41.0 Å². The van der Waals surface area contributed by atoms with Crippen LogP contribution in [0.5, 0.6) is 0 Å². The molecule has 7 heteroatoms. The van der Waals surface area contributed by atoms with Crippen LogP contribution in [0, 0.1) is 0 Å². The molecule has 1 aromatic heterocycles. The quantitative estimate of drug-likeness (QED) is 0.141. The summed E-state index contributed by atoms with van der Waals surface area (Å²) in [5.74, 6) is -1.49. The molecule has 5 atom stereocenters. The molecule has 6 aliphatic rings. The Hall–Kier alpha value is -4.08. The van der Waals surface area contributed by atoms with Crippen molar-refractivity contribution in [1.29, 1.82) is 0 Å². The summed E-state index contributed by atoms with van der Waals surface area (Å²) in [6.45, 7) is 0.322. The van der Waals surface area contributed by atoms with E-state index in [9.17, 15) is 20.4 Å². The molecule has 15 rings (SSSR count). The van der Waals surface area contributed by atoms with E-state index in [1.165, 1.54) is 120 Å². The lowest BCUT2D eigenvalue weighted by molar-refractivity contribution is -0.417. The first-order chi connectivity index (χ1) is 23.9. The second kappa shape index (κ2) is 7.64. The van der Waals surface area contributed by atoms with Crippen LogP contribution in [-0.2, 0) is 41.7 Å². The number of ether oxygens (including phenoxy) is 2. The molecule has 7 nitrogen and oxygen atoms in total. The number of pyridine rings is 1. The molecule has 8 aromatic carbocycles. The fraction of sp³-hybridized carbons (Fsp3) is 0.333. The van der Waals surface area contributed by atoms with Crippen LogP contribution in [-0.4, -0.2) is 67.9 Å². The van der Waals surface area contributed by atoms with E-state index in [-0.39, 0.29) is 19.4 Å². The van der Waals surface area contributed by atoms with E-state index in [4.69, 9.17) is 9.47 Å². The summed E-state index contributed by atoms with van der Waals surface area (Å²) < 4.78 is 15.1. The van der Waals surface area contributed by atoms with Crippen molar-refractivity contribution in [3.8, 4) is 0 Å². The van der Waals surface area contributed by atoms with Gasteiger partial charge in [-0.2, -0.15) is 0 Å². The van der Waals surface area contributed by atoms with Gasteiger partial charge < -0.3 is 34.5 Å². The van der Waals surface area contributed by atoms with Gasteiger partial charge in [0.05, 0.1) is 24.2 Å². The highest BCUT2D eigenvalue weighted by molar-refractivity contribution is 6.55. The van der Waals surface area contributed by atoms with E-state index in [1.807, 2.05) is 0 Å². The first-order valence-corrected chi connectivity index (χ1v) is 17.9. The molecular formula is C42H31NO6. The Balaban J connectivity index is 1.10. The van der Waals surface area contributed by atoms with Crippen LogP contribution in [0.25, 0.3) is 86.4 Å². The van der Waals surface area contributed by atoms with Gasteiger partial charge in [-0.05, 0) is 119 Å². The van der Waals surface area contributed by atoms with Crippen LogP contribution >= 0.6 is 0 Å². The van der Waals surface area contributed by atoms with Gasteiger partial charge in [0.2, 0.25) is 0 Å². The lowest BCUT2D eigenvalue weighted by atomic mass is 9.70. The molecule has 3 aliphatic heterocycles. The molecule has 49 heavy (non-hydrogen) atoms. The summed E-state index contributed by atoms with van der Waals surface area (Å²) in [7, 11) is 0. The number of benzene rings is 7. The molecule has 240 valence electrons. The summed E-state index contributed by atoms with van der Waals surface area (Å²) in [6.07, 6.45) is 0.393. The number of aromatic nitrogens is 1. The van der Waals surface area contributed by atoms with Gasteiger partial charge in [0.15, 0.2) is 5.79 Å². The minimum atomic E-state index is -1.69. The van der Waals surface area contributed by atoms with Crippen LogP contribution in [0.1, 0.15) is 46.2 Å². The standard InChI is InChI=1S/C42H31NO6/c44-15-24-41(47)5-6-42(49-24,40(46)39(41)45)48-8-7-43-37-18-3-4-19-12-23-14-21-10-17-2-1-16-9-20-13-22(11-18)29-27(20)31-25(16)26(17)32-28(21)30(23)36(38(19)43)34(33(31)32)35(29)37/h1-2,9-12,24,39-40,44-47H,3-8,13-15H2/t24-,39?,40+,41?,42?/m0/s1. The van der Waals surface area contributed by atoms with Crippen molar-refractivity contribution in [3.63, 3.8) is 0 Å². The number of aliphatic hydroxyl groups is 4. The third-order valence-electron chi connectivity index (χ3n) is 14.1. The van der Waals surface area contributed by atoms with Crippen molar-refractivity contribution in [3.05, 3.63) is 69.8 Å². The summed E-state index contributed by atoms with van der Waals surface area (Å²) in [5.41, 5.74) is 9.46. The van der Waals surface area contributed by atoms with Crippen LogP contribution in [0.2, 0.25) is 0 Å². The van der Waals surface area contributed by atoms with E-state index < -0.39 is 36.3 Å². The first kappa shape index (κ1) is 25.8. The van der Waals surface area contributed by atoms with Gasteiger partial charge in [-0.1, -0.05) is 36.4 Å². The Morgan fingerprint density at radius 2 is 1.18 bits per heavy atom. The Labute approximate surface area is 278 Å². The summed E-state index contributed by atoms with van der Waals surface area (Å²) in [4.78, 5) is 0. The predicted octanol–water partition coefficient (Wildman–Crippen LogP) is 5.72. The molecule has 0 radical (unpaired) electrons. The first-order valence-electron chi connectivity index (χ1n) is 17.9. The van der Waals surface area contributed by atoms with Gasteiger partial charge in [0.25, 0.3) is 0 Å². The van der Waals surface area contributed by atoms with E-state index in [0.29, 0.717) is 6.54 Å². The molecule has 3 fully saturated rings. The van der Waals surface area contributed by atoms with Gasteiger partial charge in [-0.25, -0.2) is 0 Å². The van der Waals surface area contributed by atoms with Crippen molar-refractivity contribution < 1.29 is 29.9 Å². The van der Waals surface area contributed by atoms with Gasteiger partial charge in [-0.3, -0.25) is 0 Å². The third kappa shape index (κ3) is 2.47. The highest BCUT2D eigenvalue weighted by atomic mass is 16.7. The number of aryl methyl sites for hydroxylation is 2. The Morgan fingerprint density at radius 3 is 1.78 bits per heavy atom. The SMILES string of the molecule is OC[C@@H]1OC2(OCCn3c4c5cc6c7c8c(cc9ccc%10cc%11c%12c%13c(cc(c3c%13c(c3c8c9c%10c%123)c74)CC5)C%11)C6)CCC1(O)C(O)[C@H]2O. The number of hydrogen-bond donors (Lipinski definition) is 4. The van der Waals surface area contributed by atoms with Gasteiger partial charge in [0.1, 0.15) is 23.9 Å². The monoisotopic (exact) mass is 645 g/mol. The Kier molecular flexibility index (Phi) is 4.03. The van der Waals surface area contributed by atoms with Crippen molar-refractivity contribution in [2.24, 2.45) is 0 Å². The topological polar surface area (TPSA) is 104 Å². The minimum absolute atomic E-state index is 0.182. The van der Waals surface area contributed by atoms with E-state index in [1.54, 1.807) is 0 Å². The molecule has 9 aromatic rings. The Bertz CT molecular complexity index is 2840. The number of rotatable bonds is 5. The molecule has 2 saturated heterocycles. The fourth-order valence-corrected chi connectivity index (χ4v) is 12.2. The summed E-state index contributed by atoms with van der Waals surface area (Å²) in [6, 6.07) is 14.6. The van der Waals surface area contributed by atoms with Crippen molar-refractivity contribution in [1.82, 2.24) is 4.57 Å². The summed E-state index contributed by atoms with van der Waals surface area (Å²) >= 11 is 0. The average Bonchev–Trinajstić information content (AvgIpc) is 3.75. The maximum absolute atomic E-state index is 11.2. The predicted molar refractivity (Wildman–Crippen MR) is 189 cm³/mol. The van der Waals surface area contributed by atoms with Crippen LogP contribution in [0.4, 0.5) is 0 Å². The molecule has 4 bridgehead atoms. The zero-order chi connectivity index (χ0) is 32.0. The molecule has 0 amide bonds. The maximum Gasteiger partial charge on any atom is 0.197 e. The van der Waals surface area contributed by atoms with E-state index >= 15 is 0 Å². The molecule has 3 unspecified atom stereocenters. The second-order valence-electron chi connectivity index (χ2n) is 16.0. The van der Waals surface area contributed by atoms with Crippen molar-refractivity contribution in [2.45, 2.75) is 74.8 Å². The minimum Gasteiger partial charge on any atom is -0.394 e. The lowest BCUT2D eigenvalue weighted by Crippen LogP contribution is -2.76. The number of aliphatic hydroxyl groups excluding tert-OH is 3. The number of hydrogen-bond acceptors (Lipinski definition) is 6.